The summed E-state index contributed by atoms with van der Waals surface area (Å²) in [5.41, 5.74) is 0.906. The predicted octanol–water partition coefficient (Wildman–Crippen LogP) is 1.86. The average molecular weight is 482 g/mol. The minimum atomic E-state index is -1.25. The molecule has 0 amide bonds. The van der Waals surface area contributed by atoms with Crippen molar-refractivity contribution in [2.75, 3.05) is 25.1 Å². The summed E-state index contributed by atoms with van der Waals surface area (Å²) in [5.74, 6) is 7.38. The van der Waals surface area contributed by atoms with Crippen LogP contribution in [0.25, 0.3) is 11.2 Å². The zero-order chi connectivity index (χ0) is 24.6. The molecule has 1 saturated heterocycles. The maximum absolute atomic E-state index is 10.5. The molecule has 35 heavy (non-hydrogen) atoms. The summed E-state index contributed by atoms with van der Waals surface area (Å²) in [4.78, 5) is 13.5. The largest absolute Gasteiger partial charge is 0.481 e. The van der Waals surface area contributed by atoms with Crippen LogP contribution < -0.4 is 10.1 Å². The third kappa shape index (κ3) is 5.89. The molecule has 186 valence electrons. The molecule has 4 rings (SSSR count). The smallest absolute Gasteiger partial charge is 0.209 e. The molecule has 1 fully saturated rings. The van der Waals surface area contributed by atoms with Gasteiger partial charge in [-0.15, -0.1) is 0 Å². The van der Waals surface area contributed by atoms with Crippen LogP contribution in [0.5, 0.6) is 5.75 Å². The number of aromatic nitrogens is 4. The number of benzene rings is 1. The Labute approximate surface area is 204 Å². The summed E-state index contributed by atoms with van der Waals surface area (Å²) in [6.07, 6.45) is 1.56. The zero-order valence-corrected chi connectivity index (χ0v) is 19.7. The van der Waals surface area contributed by atoms with Crippen molar-refractivity contribution in [1.29, 1.82) is 0 Å². The number of hydrogen-bond donors (Lipinski definition) is 4. The van der Waals surface area contributed by atoms with Crippen LogP contribution in [0.1, 0.15) is 44.7 Å². The van der Waals surface area contributed by atoms with Crippen LogP contribution in [0.3, 0.4) is 0 Å². The molecule has 0 spiro atoms. The van der Waals surface area contributed by atoms with Crippen LogP contribution in [0.2, 0.25) is 0 Å². The number of rotatable bonds is 10. The van der Waals surface area contributed by atoms with Crippen molar-refractivity contribution in [3.8, 4) is 17.6 Å². The normalized spacial score (nSPS) is 21.6. The van der Waals surface area contributed by atoms with Gasteiger partial charge in [-0.2, -0.15) is 0 Å². The standard InChI is InChI=1S/C25H31N5O5/c1-2-3-4-8-13-26-23-20-24(30(16-27-20)25-22(33)21(32)18(15-31)35-25)29-19(28-23)12-9-14-34-17-10-6-5-7-11-17/h5-7,10-11,16,18,21-22,25,31-33H,2-4,8,13-15H2,1H3,(H,26,28,29)/t18-,21-,22-,25-/m1/s1. The summed E-state index contributed by atoms with van der Waals surface area (Å²) in [7, 11) is 0. The molecule has 2 aromatic heterocycles. The molecule has 3 heterocycles. The SMILES string of the molecule is CCCCCCNc1nc(C#CCOc2ccccc2)nc2c1ncn2[C@@H]1O[C@H](CO)[C@@H](O)[C@H]1O. The van der Waals surface area contributed by atoms with E-state index < -0.39 is 31.1 Å². The van der Waals surface area contributed by atoms with E-state index in [1.807, 2.05) is 30.3 Å². The van der Waals surface area contributed by atoms with Crippen molar-refractivity contribution in [3.05, 3.63) is 42.5 Å². The molecule has 0 bridgehead atoms. The second-order valence-electron chi connectivity index (χ2n) is 8.34. The number of hydrogen-bond acceptors (Lipinski definition) is 9. The van der Waals surface area contributed by atoms with Crippen LogP contribution in [0.15, 0.2) is 36.7 Å². The number of ether oxygens (including phenoxy) is 2. The minimum Gasteiger partial charge on any atom is -0.481 e. The molecule has 0 radical (unpaired) electrons. The molecule has 4 N–H and O–H groups in total. The first-order valence-corrected chi connectivity index (χ1v) is 11.9. The third-order valence-corrected chi connectivity index (χ3v) is 5.79. The van der Waals surface area contributed by atoms with Gasteiger partial charge in [0.25, 0.3) is 0 Å². The fourth-order valence-corrected chi connectivity index (χ4v) is 3.90. The molecule has 10 heteroatoms. The highest BCUT2D eigenvalue weighted by atomic mass is 16.6. The van der Waals surface area contributed by atoms with Gasteiger partial charge in [0.2, 0.25) is 5.82 Å². The molecular formula is C25H31N5O5. The lowest BCUT2D eigenvalue weighted by Crippen LogP contribution is -2.33. The van der Waals surface area contributed by atoms with Crippen LogP contribution in [-0.2, 0) is 4.74 Å². The molecular weight excluding hydrogens is 450 g/mol. The number of nitrogens with zero attached hydrogens (tertiary/aromatic N) is 4. The molecule has 1 aromatic carbocycles. The lowest BCUT2D eigenvalue weighted by molar-refractivity contribution is -0.0511. The number of fused-ring (bicyclic) bond motifs is 1. The van der Waals surface area contributed by atoms with E-state index in [2.05, 4.69) is 39.0 Å². The molecule has 0 saturated carbocycles. The van der Waals surface area contributed by atoms with Crippen molar-refractivity contribution in [1.82, 2.24) is 19.5 Å². The monoisotopic (exact) mass is 481 g/mol. The summed E-state index contributed by atoms with van der Waals surface area (Å²) >= 11 is 0. The number of para-hydroxylation sites is 1. The first-order chi connectivity index (χ1) is 17.1. The third-order valence-electron chi connectivity index (χ3n) is 5.79. The summed E-state index contributed by atoms with van der Waals surface area (Å²) in [5, 5.41) is 33.5. The van der Waals surface area contributed by atoms with E-state index in [-0.39, 0.29) is 12.4 Å². The summed E-state index contributed by atoms with van der Waals surface area (Å²) in [6, 6.07) is 9.39. The van der Waals surface area contributed by atoms with Crippen molar-refractivity contribution in [2.24, 2.45) is 0 Å². The number of aliphatic hydroxyl groups is 3. The lowest BCUT2D eigenvalue weighted by atomic mass is 10.1. The first kappa shape index (κ1) is 24.9. The van der Waals surface area contributed by atoms with Gasteiger partial charge in [0.15, 0.2) is 23.2 Å². The minimum absolute atomic E-state index is 0.166. The lowest BCUT2D eigenvalue weighted by Gasteiger charge is -2.16. The zero-order valence-electron chi connectivity index (χ0n) is 19.7. The van der Waals surface area contributed by atoms with Gasteiger partial charge in [-0.25, -0.2) is 15.0 Å². The molecule has 1 aliphatic rings. The van der Waals surface area contributed by atoms with E-state index in [1.54, 1.807) is 0 Å². The maximum atomic E-state index is 10.5. The maximum Gasteiger partial charge on any atom is 0.209 e. The van der Waals surface area contributed by atoms with Gasteiger partial charge in [-0.1, -0.05) is 50.3 Å². The van der Waals surface area contributed by atoms with Gasteiger partial charge in [0.05, 0.1) is 12.9 Å². The van der Waals surface area contributed by atoms with Crippen molar-refractivity contribution >= 4 is 17.0 Å². The number of unbranched alkanes of at least 4 members (excludes halogenated alkanes) is 3. The Morgan fingerprint density at radius 1 is 1.11 bits per heavy atom. The number of aliphatic hydroxyl groups excluding tert-OH is 3. The van der Waals surface area contributed by atoms with Crippen molar-refractivity contribution in [2.45, 2.75) is 57.1 Å². The number of imidazole rings is 1. The van der Waals surface area contributed by atoms with E-state index in [4.69, 9.17) is 9.47 Å². The molecule has 0 unspecified atom stereocenters. The molecule has 4 atom stereocenters. The Bertz CT molecular complexity index is 1160. The van der Waals surface area contributed by atoms with Gasteiger partial charge < -0.3 is 30.1 Å². The van der Waals surface area contributed by atoms with Gasteiger partial charge in [0, 0.05) is 6.54 Å². The van der Waals surface area contributed by atoms with E-state index >= 15 is 0 Å². The number of nitrogens with one attached hydrogen (secondary N) is 1. The fraction of sp³-hybridized carbons (Fsp3) is 0.480. The van der Waals surface area contributed by atoms with Crippen LogP contribution >= 0.6 is 0 Å². The summed E-state index contributed by atoms with van der Waals surface area (Å²) < 4.78 is 12.8. The molecule has 0 aliphatic carbocycles. The Hall–Kier alpha value is -3.23. The van der Waals surface area contributed by atoms with E-state index in [0.29, 0.717) is 17.0 Å². The Morgan fingerprint density at radius 2 is 1.94 bits per heavy atom. The van der Waals surface area contributed by atoms with E-state index in [9.17, 15) is 15.3 Å². The quantitative estimate of drug-likeness (QED) is 0.253. The first-order valence-electron chi connectivity index (χ1n) is 11.9. The molecule has 3 aromatic rings. The van der Waals surface area contributed by atoms with Gasteiger partial charge in [-0.3, -0.25) is 4.57 Å². The number of anilines is 1. The van der Waals surface area contributed by atoms with Crippen LogP contribution in [-0.4, -0.2) is 72.9 Å². The second kappa shape index (κ2) is 12.0. The summed E-state index contributed by atoms with van der Waals surface area (Å²) in [6.45, 7) is 2.63. The van der Waals surface area contributed by atoms with Crippen LogP contribution in [0.4, 0.5) is 5.82 Å². The van der Waals surface area contributed by atoms with Crippen molar-refractivity contribution < 1.29 is 24.8 Å². The second-order valence-corrected chi connectivity index (χ2v) is 8.34. The highest BCUT2D eigenvalue weighted by Gasteiger charge is 2.44. The van der Waals surface area contributed by atoms with Gasteiger partial charge in [0.1, 0.15) is 30.7 Å². The van der Waals surface area contributed by atoms with E-state index in [1.165, 1.54) is 17.3 Å². The topological polar surface area (TPSA) is 135 Å². The predicted molar refractivity (Wildman–Crippen MR) is 130 cm³/mol. The molecule has 1 aliphatic heterocycles. The van der Waals surface area contributed by atoms with Gasteiger partial charge in [-0.05, 0) is 24.5 Å². The highest BCUT2D eigenvalue weighted by molar-refractivity contribution is 5.83. The van der Waals surface area contributed by atoms with Crippen molar-refractivity contribution in [3.63, 3.8) is 0 Å². The molecule has 10 nitrogen and oxygen atoms in total. The Kier molecular flexibility index (Phi) is 8.50. The van der Waals surface area contributed by atoms with Crippen LogP contribution in [0, 0.1) is 11.8 Å². The van der Waals surface area contributed by atoms with Gasteiger partial charge >= 0.3 is 0 Å². The average Bonchev–Trinajstić information content (AvgIpc) is 3.42. The van der Waals surface area contributed by atoms with E-state index in [0.717, 1.165) is 31.6 Å². The highest BCUT2D eigenvalue weighted by Crippen LogP contribution is 2.32. The Morgan fingerprint density at radius 3 is 2.69 bits per heavy atom. The fourth-order valence-electron chi connectivity index (χ4n) is 3.90. The Balaban J connectivity index is 1.59.